The number of nitrogens with zero attached hydrogens (tertiary/aromatic N) is 1. The van der Waals surface area contributed by atoms with Crippen molar-refractivity contribution < 1.29 is 4.74 Å². The highest BCUT2D eigenvalue weighted by atomic mass is 16.5. The van der Waals surface area contributed by atoms with Crippen LogP contribution in [0.25, 0.3) is 0 Å². The molecular weight excluding hydrogens is 192 g/mol. The van der Waals surface area contributed by atoms with Crippen LogP contribution in [0.5, 0.6) is 0 Å². The number of hydrogen-bond donors (Lipinski definition) is 1. The normalized spacial score (nSPS) is 16.4. The van der Waals surface area contributed by atoms with Crippen LogP contribution >= 0.6 is 0 Å². The minimum atomic E-state index is 0.0375. The summed E-state index contributed by atoms with van der Waals surface area (Å²) in [6.45, 7) is 2.59. The van der Waals surface area contributed by atoms with Gasteiger partial charge >= 0.3 is 0 Å². The molecular formula is C11H16N2O2. The first-order chi connectivity index (χ1) is 7.22. The number of fused-ring (bicyclic) bond motifs is 1. The summed E-state index contributed by atoms with van der Waals surface area (Å²) in [5, 5.41) is 0. The lowest BCUT2D eigenvalue weighted by molar-refractivity contribution is 0.181. The summed E-state index contributed by atoms with van der Waals surface area (Å²) in [4.78, 5) is 19.0. The summed E-state index contributed by atoms with van der Waals surface area (Å²) < 4.78 is 5.06. The Morgan fingerprint density at radius 2 is 2.33 bits per heavy atom. The maximum absolute atomic E-state index is 11.7. The van der Waals surface area contributed by atoms with Gasteiger partial charge in [0, 0.05) is 18.6 Å². The summed E-state index contributed by atoms with van der Waals surface area (Å²) in [6.07, 6.45) is 2.86. The first-order valence-corrected chi connectivity index (χ1v) is 5.33. The van der Waals surface area contributed by atoms with Gasteiger partial charge in [-0.2, -0.15) is 0 Å². The van der Waals surface area contributed by atoms with Crippen LogP contribution < -0.4 is 5.56 Å². The molecule has 1 aromatic rings. The second-order valence-electron chi connectivity index (χ2n) is 4.09. The van der Waals surface area contributed by atoms with Crippen LogP contribution in [0.1, 0.15) is 36.3 Å². The largest absolute Gasteiger partial charge is 0.384 e. The van der Waals surface area contributed by atoms with Gasteiger partial charge in [0.15, 0.2) is 0 Å². The Labute approximate surface area is 88.7 Å². The van der Waals surface area contributed by atoms with Gasteiger partial charge in [-0.1, -0.05) is 6.92 Å². The Morgan fingerprint density at radius 3 is 3.07 bits per heavy atom. The van der Waals surface area contributed by atoms with Crippen LogP contribution in [0.3, 0.4) is 0 Å². The molecule has 0 spiro atoms. The molecule has 82 valence electrons. The van der Waals surface area contributed by atoms with E-state index in [0.717, 1.165) is 36.3 Å². The molecule has 0 aliphatic heterocycles. The van der Waals surface area contributed by atoms with Crippen LogP contribution in [-0.4, -0.2) is 23.7 Å². The second-order valence-corrected chi connectivity index (χ2v) is 4.09. The van der Waals surface area contributed by atoms with E-state index in [-0.39, 0.29) is 11.5 Å². The molecule has 15 heavy (non-hydrogen) atoms. The highest BCUT2D eigenvalue weighted by molar-refractivity contribution is 5.23. The zero-order valence-corrected chi connectivity index (χ0v) is 9.17. The van der Waals surface area contributed by atoms with Crippen molar-refractivity contribution in [1.82, 2.24) is 9.97 Å². The average molecular weight is 208 g/mol. The molecule has 1 aromatic heterocycles. The zero-order valence-electron chi connectivity index (χ0n) is 9.17. The molecule has 0 saturated heterocycles. The van der Waals surface area contributed by atoms with Gasteiger partial charge in [-0.25, -0.2) is 4.98 Å². The smallest absolute Gasteiger partial charge is 0.254 e. The van der Waals surface area contributed by atoms with E-state index in [2.05, 4.69) is 9.97 Å². The summed E-state index contributed by atoms with van der Waals surface area (Å²) in [6, 6.07) is 0. The third-order valence-electron chi connectivity index (χ3n) is 2.84. The molecule has 0 amide bonds. The van der Waals surface area contributed by atoms with Gasteiger partial charge in [-0.15, -0.1) is 0 Å². The Morgan fingerprint density at radius 1 is 1.53 bits per heavy atom. The van der Waals surface area contributed by atoms with Crippen LogP contribution in [0.15, 0.2) is 4.79 Å². The number of hydrogen-bond acceptors (Lipinski definition) is 3. The number of nitrogens with one attached hydrogen (secondary N) is 1. The van der Waals surface area contributed by atoms with Crippen molar-refractivity contribution in [3.8, 4) is 0 Å². The van der Waals surface area contributed by atoms with Gasteiger partial charge in [0.1, 0.15) is 5.82 Å². The average Bonchev–Trinajstić information content (AvgIpc) is 2.66. The first kappa shape index (κ1) is 10.4. The van der Waals surface area contributed by atoms with Crippen molar-refractivity contribution in [2.45, 2.75) is 32.1 Å². The van der Waals surface area contributed by atoms with E-state index in [1.54, 1.807) is 7.11 Å². The van der Waals surface area contributed by atoms with Crippen molar-refractivity contribution in [2.75, 3.05) is 13.7 Å². The van der Waals surface area contributed by atoms with E-state index in [1.807, 2.05) is 6.92 Å². The van der Waals surface area contributed by atoms with E-state index in [9.17, 15) is 4.79 Å². The molecule has 4 nitrogen and oxygen atoms in total. The Bertz CT molecular complexity index is 412. The SMILES string of the molecule is COCC(C)c1nc2c(c(=O)[nH]1)CCC2. The molecule has 1 atom stereocenters. The molecule has 1 unspecified atom stereocenters. The van der Waals surface area contributed by atoms with Crippen molar-refractivity contribution >= 4 is 0 Å². The Hall–Kier alpha value is -1.16. The van der Waals surface area contributed by atoms with E-state index < -0.39 is 0 Å². The number of aromatic amines is 1. The molecule has 0 aromatic carbocycles. The fourth-order valence-electron chi connectivity index (χ4n) is 2.02. The molecule has 2 rings (SSSR count). The molecule has 0 radical (unpaired) electrons. The van der Waals surface area contributed by atoms with E-state index in [4.69, 9.17) is 4.74 Å². The van der Waals surface area contributed by atoms with Crippen LogP contribution in [0.4, 0.5) is 0 Å². The minimum absolute atomic E-state index is 0.0375. The molecule has 4 heteroatoms. The van der Waals surface area contributed by atoms with Crippen molar-refractivity contribution in [3.63, 3.8) is 0 Å². The minimum Gasteiger partial charge on any atom is -0.384 e. The van der Waals surface area contributed by atoms with Crippen LogP contribution in [0.2, 0.25) is 0 Å². The highest BCUT2D eigenvalue weighted by Crippen LogP contribution is 2.18. The third-order valence-corrected chi connectivity index (χ3v) is 2.84. The van der Waals surface area contributed by atoms with Gasteiger partial charge in [-0.3, -0.25) is 4.79 Å². The second kappa shape index (κ2) is 4.14. The molecule has 1 heterocycles. The summed E-state index contributed by atoms with van der Waals surface area (Å²) in [7, 11) is 1.65. The quantitative estimate of drug-likeness (QED) is 0.806. The van der Waals surface area contributed by atoms with Gasteiger partial charge in [-0.05, 0) is 19.3 Å². The van der Waals surface area contributed by atoms with Crippen LogP contribution in [-0.2, 0) is 17.6 Å². The predicted molar refractivity (Wildman–Crippen MR) is 57.2 cm³/mol. The van der Waals surface area contributed by atoms with Crippen LogP contribution in [0, 0.1) is 0 Å². The predicted octanol–water partition coefficient (Wildman–Crippen LogP) is 1.01. The third kappa shape index (κ3) is 1.95. The van der Waals surface area contributed by atoms with Crippen molar-refractivity contribution in [3.05, 3.63) is 27.4 Å². The standard InChI is InChI=1S/C11H16N2O2/c1-7(6-15-2)10-12-9-5-3-4-8(9)11(14)13-10/h7H,3-6H2,1-2H3,(H,12,13,14). The number of aryl methyl sites for hydroxylation is 1. The fraction of sp³-hybridized carbons (Fsp3) is 0.636. The van der Waals surface area contributed by atoms with E-state index >= 15 is 0 Å². The lowest BCUT2D eigenvalue weighted by atomic mass is 10.1. The Kier molecular flexibility index (Phi) is 2.86. The molecule has 1 N–H and O–H groups in total. The molecule has 0 saturated carbocycles. The van der Waals surface area contributed by atoms with Gasteiger partial charge in [0.05, 0.1) is 12.3 Å². The maximum atomic E-state index is 11.7. The number of ether oxygens (including phenoxy) is 1. The van der Waals surface area contributed by atoms with E-state index in [0.29, 0.717) is 6.61 Å². The van der Waals surface area contributed by atoms with Gasteiger partial charge < -0.3 is 9.72 Å². The summed E-state index contributed by atoms with van der Waals surface area (Å²) in [5.74, 6) is 0.899. The summed E-state index contributed by atoms with van der Waals surface area (Å²) in [5.41, 5.74) is 1.90. The monoisotopic (exact) mass is 208 g/mol. The number of H-pyrrole nitrogens is 1. The highest BCUT2D eigenvalue weighted by Gasteiger charge is 2.18. The van der Waals surface area contributed by atoms with Crippen molar-refractivity contribution in [1.29, 1.82) is 0 Å². The van der Waals surface area contributed by atoms with Crippen molar-refractivity contribution in [2.24, 2.45) is 0 Å². The topological polar surface area (TPSA) is 55.0 Å². The Balaban J connectivity index is 2.35. The number of rotatable bonds is 3. The molecule has 1 aliphatic carbocycles. The molecule has 0 bridgehead atoms. The number of aromatic nitrogens is 2. The molecule has 1 aliphatic rings. The zero-order chi connectivity index (χ0) is 10.8. The summed E-state index contributed by atoms with van der Waals surface area (Å²) >= 11 is 0. The lowest BCUT2D eigenvalue weighted by Gasteiger charge is -2.10. The fourth-order valence-corrected chi connectivity index (χ4v) is 2.02. The lowest BCUT2D eigenvalue weighted by Crippen LogP contribution is -2.19. The van der Waals surface area contributed by atoms with E-state index in [1.165, 1.54) is 0 Å². The first-order valence-electron chi connectivity index (χ1n) is 5.33. The maximum Gasteiger partial charge on any atom is 0.254 e. The van der Waals surface area contributed by atoms with Gasteiger partial charge in [0.2, 0.25) is 0 Å². The van der Waals surface area contributed by atoms with Gasteiger partial charge in [0.25, 0.3) is 5.56 Å². The molecule has 0 fully saturated rings. The number of methoxy groups -OCH3 is 1.